The fourth-order valence-electron chi connectivity index (χ4n) is 3.61. The molecular formula is C18H27N3O3. The van der Waals surface area contributed by atoms with Crippen molar-refractivity contribution in [2.75, 3.05) is 18.4 Å². The lowest BCUT2D eigenvalue weighted by Crippen LogP contribution is -2.45. The van der Waals surface area contributed by atoms with Gasteiger partial charge in [-0.15, -0.1) is 0 Å². The topological polar surface area (TPSA) is 75.4 Å². The number of hydrogen-bond donors (Lipinski definition) is 1. The fourth-order valence-corrected chi connectivity index (χ4v) is 3.61. The fraction of sp³-hybridized carbons (Fsp3) is 0.722. The molecule has 1 aromatic rings. The zero-order chi connectivity index (χ0) is 16.9. The Kier molecular flexibility index (Phi) is 5.53. The van der Waals surface area contributed by atoms with Crippen molar-refractivity contribution in [2.24, 2.45) is 11.8 Å². The van der Waals surface area contributed by atoms with Crippen molar-refractivity contribution >= 4 is 17.6 Å². The lowest BCUT2D eigenvalue weighted by molar-refractivity contribution is -0.141. The molecule has 132 valence electrons. The molecule has 2 amide bonds. The van der Waals surface area contributed by atoms with E-state index in [-0.39, 0.29) is 24.3 Å². The SMILES string of the molecule is Cc1cc(NC(=O)CN(CC2CCCCC2)C(=O)C2CCC2)no1. The van der Waals surface area contributed by atoms with Crippen LogP contribution in [0.4, 0.5) is 5.82 Å². The molecule has 2 aliphatic carbocycles. The first-order valence-electron chi connectivity index (χ1n) is 9.14. The van der Waals surface area contributed by atoms with Gasteiger partial charge in [0.25, 0.3) is 0 Å². The number of nitrogens with zero attached hydrogens (tertiary/aromatic N) is 2. The number of carbonyl (C=O) groups is 2. The first-order chi connectivity index (χ1) is 11.6. The molecule has 0 unspecified atom stereocenters. The Labute approximate surface area is 142 Å². The number of aromatic nitrogens is 1. The summed E-state index contributed by atoms with van der Waals surface area (Å²) in [6.07, 6.45) is 9.14. The molecule has 0 atom stereocenters. The van der Waals surface area contributed by atoms with Gasteiger partial charge in [-0.05, 0) is 38.5 Å². The van der Waals surface area contributed by atoms with E-state index in [1.54, 1.807) is 17.9 Å². The van der Waals surface area contributed by atoms with Crippen LogP contribution in [0.25, 0.3) is 0 Å². The summed E-state index contributed by atoms with van der Waals surface area (Å²) in [5.74, 6) is 1.66. The summed E-state index contributed by atoms with van der Waals surface area (Å²) < 4.78 is 4.96. The van der Waals surface area contributed by atoms with Crippen LogP contribution in [-0.2, 0) is 9.59 Å². The van der Waals surface area contributed by atoms with Crippen LogP contribution in [0.5, 0.6) is 0 Å². The van der Waals surface area contributed by atoms with Crippen molar-refractivity contribution in [1.82, 2.24) is 10.1 Å². The number of rotatable bonds is 6. The van der Waals surface area contributed by atoms with Crippen LogP contribution in [0.1, 0.15) is 57.1 Å². The second-order valence-electron chi connectivity index (χ2n) is 7.22. The second kappa shape index (κ2) is 7.81. The molecule has 24 heavy (non-hydrogen) atoms. The molecule has 3 rings (SSSR count). The Morgan fingerprint density at radius 2 is 1.96 bits per heavy atom. The number of nitrogens with one attached hydrogen (secondary N) is 1. The van der Waals surface area contributed by atoms with Gasteiger partial charge in [-0.2, -0.15) is 0 Å². The molecule has 1 aromatic heterocycles. The molecule has 0 aromatic carbocycles. The smallest absolute Gasteiger partial charge is 0.245 e. The number of amides is 2. The molecule has 2 saturated carbocycles. The van der Waals surface area contributed by atoms with Gasteiger partial charge in [-0.3, -0.25) is 9.59 Å². The first-order valence-corrected chi connectivity index (χ1v) is 9.14. The van der Waals surface area contributed by atoms with E-state index in [1.807, 2.05) is 0 Å². The van der Waals surface area contributed by atoms with Crippen LogP contribution < -0.4 is 5.32 Å². The monoisotopic (exact) mass is 333 g/mol. The normalized spacial score (nSPS) is 18.9. The maximum absolute atomic E-state index is 12.7. The van der Waals surface area contributed by atoms with Gasteiger partial charge in [0, 0.05) is 18.5 Å². The second-order valence-corrected chi connectivity index (χ2v) is 7.22. The van der Waals surface area contributed by atoms with Crippen molar-refractivity contribution in [2.45, 2.75) is 58.3 Å². The number of anilines is 1. The lowest BCUT2D eigenvalue weighted by atomic mass is 9.83. The molecule has 0 aliphatic heterocycles. The lowest BCUT2D eigenvalue weighted by Gasteiger charge is -2.34. The molecule has 1 N–H and O–H groups in total. The van der Waals surface area contributed by atoms with E-state index in [2.05, 4.69) is 10.5 Å². The van der Waals surface area contributed by atoms with Gasteiger partial charge < -0.3 is 14.7 Å². The molecule has 2 aliphatic rings. The third-order valence-corrected chi connectivity index (χ3v) is 5.20. The number of carbonyl (C=O) groups excluding carboxylic acids is 2. The molecule has 0 radical (unpaired) electrons. The molecule has 0 bridgehead atoms. The van der Waals surface area contributed by atoms with E-state index in [1.165, 1.54) is 32.1 Å². The highest BCUT2D eigenvalue weighted by molar-refractivity contribution is 5.94. The zero-order valence-electron chi connectivity index (χ0n) is 14.4. The quantitative estimate of drug-likeness (QED) is 0.868. The van der Waals surface area contributed by atoms with Gasteiger partial charge in [0.1, 0.15) is 5.76 Å². The van der Waals surface area contributed by atoms with E-state index in [4.69, 9.17) is 4.52 Å². The van der Waals surface area contributed by atoms with Gasteiger partial charge in [0.15, 0.2) is 5.82 Å². The summed E-state index contributed by atoms with van der Waals surface area (Å²) in [4.78, 5) is 26.8. The average Bonchev–Trinajstić information content (AvgIpc) is 2.91. The summed E-state index contributed by atoms with van der Waals surface area (Å²) >= 11 is 0. The Hall–Kier alpha value is -1.85. The number of aryl methyl sites for hydroxylation is 1. The standard InChI is InChI=1S/C18H27N3O3/c1-13-10-16(20-24-13)19-17(22)12-21(18(23)15-8-5-9-15)11-14-6-3-2-4-7-14/h10,14-15H,2-9,11-12H2,1H3,(H,19,20,22). The Balaban J connectivity index is 1.59. The highest BCUT2D eigenvalue weighted by atomic mass is 16.5. The van der Waals surface area contributed by atoms with Crippen LogP contribution in [0.2, 0.25) is 0 Å². The summed E-state index contributed by atoms with van der Waals surface area (Å²) in [6, 6.07) is 1.68. The van der Waals surface area contributed by atoms with Crippen LogP contribution in [-0.4, -0.2) is 35.0 Å². The van der Waals surface area contributed by atoms with E-state index >= 15 is 0 Å². The van der Waals surface area contributed by atoms with Crippen LogP contribution in [0, 0.1) is 18.8 Å². The first kappa shape index (κ1) is 17.0. The highest BCUT2D eigenvalue weighted by Crippen LogP contribution is 2.30. The minimum Gasteiger partial charge on any atom is -0.360 e. The molecule has 6 nitrogen and oxygen atoms in total. The van der Waals surface area contributed by atoms with Crippen LogP contribution in [0.3, 0.4) is 0 Å². The van der Waals surface area contributed by atoms with Crippen molar-refractivity contribution in [3.63, 3.8) is 0 Å². The van der Waals surface area contributed by atoms with Crippen molar-refractivity contribution in [1.29, 1.82) is 0 Å². The number of hydrogen-bond acceptors (Lipinski definition) is 4. The van der Waals surface area contributed by atoms with E-state index in [0.717, 1.165) is 19.3 Å². The van der Waals surface area contributed by atoms with Crippen molar-refractivity contribution in [3.05, 3.63) is 11.8 Å². The van der Waals surface area contributed by atoms with E-state index < -0.39 is 0 Å². The summed E-state index contributed by atoms with van der Waals surface area (Å²) in [6.45, 7) is 2.59. The average molecular weight is 333 g/mol. The predicted octanol–water partition coefficient (Wildman–Crippen LogP) is 3.13. The Morgan fingerprint density at radius 3 is 2.54 bits per heavy atom. The molecule has 1 heterocycles. The third kappa shape index (κ3) is 4.36. The van der Waals surface area contributed by atoms with Crippen molar-refractivity contribution < 1.29 is 14.1 Å². The maximum Gasteiger partial charge on any atom is 0.245 e. The molecule has 6 heteroatoms. The van der Waals surface area contributed by atoms with Crippen molar-refractivity contribution in [3.8, 4) is 0 Å². The molecule has 0 spiro atoms. The summed E-state index contributed by atoms with van der Waals surface area (Å²) in [7, 11) is 0. The third-order valence-electron chi connectivity index (χ3n) is 5.20. The van der Waals surface area contributed by atoms with Gasteiger partial charge in [-0.25, -0.2) is 0 Å². The highest BCUT2D eigenvalue weighted by Gasteiger charge is 2.32. The van der Waals surface area contributed by atoms with Gasteiger partial charge in [-0.1, -0.05) is 30.8 Å². The van der Waals surface area contributed by atoms with Crippen LogP contribution >= 0.6 is 0 Å². The largest absolute Gasteiger partial charge is 0.360 e. The maximum atomic E-state index is 12.7. The predicted molar refractivity (Wildman–Crippen MR) is 90.4 cm³/mol. The Bertz CT molecular complexity index is 574. The minimum absolute atomic E-state index is 0.109. The molecule has 0 saturated heterocycles. The zero-order valence-corrected chi connectivity index (χ0v) is 14.4. The summed E-state index contributed by atoms with van der Waals surface area (Å²) in [5, 5.41) is 6.50. The van der Waals surface area contributed by atoms with E-state index in [0.29, 0.717) is 24.0 Å². The minimum atomic E-state index is -0.202. The Morgan fingerprint density at radius 1 is 1.21 bits per heavy atom. The molecule has 2 fully saturated rings. The van der Waals surface area contributed by atoms with Gasteiger partial charge in [0.05, 0.1) is 6.54 Å². The molecular weight excluding hydrogens is 306 g/mol. The summed E-state index contributed by atoms with van der Waals surface area (Å²) in [5.41, 5.74) is 0. The van der Waals surface area contributed by atoms with E-state index in [9.17, 15) is 9.59 Å². The van der Waals surface area contributed by atoms with Gasteiger partial charge >= 0.3 is 0 Å². The van der Waals surface area contributed by atoms with Crippen LogP contribution in [0.15, 0.2) is 10.6 Å². The van der Waals surface area contributed by atoms with Gasteiger partial charge in [0.2, 0.25) is 11.8 Å².